The van der Waals surface area contributed by atoms with Crippen LogP contribution in [0.5, 0.6) is 0 Å². The minimum absolute atomic E-state index is 0.201. The number of rotatable bonds is 5. The van der Waals surface area contributed by atoms with Crippen LogP contribution < -0.4 is 4.72 Å². The molecule has 9 heteroatoms. The lowest BCUT2D eigenvalue weighted by Crippen LogP contribution is -2.13. The van der Waals surface area contributed by atoms with Gasteiger partial charge in [-0.25, -0.2) is 23.1 Å². The van der Waals surface area contributed by atoms with Gasteiger partial charge in [-0.05, 0) is 24.6 Å². The van der Waals surface area contributed by atoms with E-state index in [-0.39, 0.29) is 10.0 Å². The zero-order valence-corrected chi connectivity index (χ0v) is 13.3. The lowest BCUT2D eigenvalue weighted by atomic mass is 10.4. The van der Waals surface area contributed by atoms with E-state index in [1.54, 1.807) is 24.5 Å². The lowest BCUT2D eigenvalue weighted by molar-refractivity contribution is 0.603. The highest BCUT2D eigenvalue weighted by Gasteiger charge is 2.17. The number of nitrogens with one attached hydrogen (secondary N) is 1. The highest BCUT2D eigenvalue weighted by Crippen LogP contribution is 2.24. The summed E-state index contributed by atoms with van der Waals surface area (Å²) in [7, 11) is -3.64. The minimum atomic E-state index is -3.64. The van der Waals surface area contributed by atoms with Gasteiger partial charge in [-0.3, -0.25) is 4.72 Å². The molecule has 0 radical (unpaired) electrons. The molecule has 0 saturated heterocycles. The van der Waals surface area contributed by atoms with Gasteiger partial charge < -0.3 is 0 Å². The molecule has 114 valence electrons. The van der Waals surface area contributed by atoms with E-state index in [1.165, 1.54) is 28.4 Å². The van der Waals surface area contributed by atoms with Crippen molar-refractivity contribution in [3.05, 3.63) is 47.9 Å². The summed E-state index contributed by atoms with van der Waals surface area (Å²) >= 11 is 1.25. The van der Waals surface area contributed by atoms with E-state index in [0.717, 1.165) is 11.3 Å². The van der Waals surface area contributed by atoms with Gasteiger partial charge in [0.2, 0.25) is 0 Å². The number of hydrogen-bond acceptors (Lipinski definition) is 6. The van der Waals surface area contributed by atoms with E-state index in [0.29, 0.717) is 5.82 Å². The van der Waals surface area contributed by atoms with Crippen LogP contribution in [0.3, 0.4) is 0 Å². The molecule has 1 N–H and O–H groups in total. The van der Waals surface area contributed by atoms with Crippen LogP contribution in [0, 0.1) is 0 Å². The summed E-state index contributed by atoms with van der Waals surface area (Å²) < 4.78 is 28.9. The Morgan fingerprint density at radius 2 is 2.18 bits per heavy atom. The maximum atomic E-state index is 12.3. The smallest absolute Gasteiger partial charge is 0.263 e. The third-order valence-electron chi connectivity index (χ3n) is 2.88. The van der Waals surface area contributed by atoms with Crippen LogP contribution in [-0.4, -0.2) is 28.2 Å². The molecular formula is C13H13N5O2S2. The van der Waals surface area contributed by atoms with Crippen molar-refractivity contribution in [3.63, 3.8) is 0 Å². The lowest BCUT2D eigenvalue weighted by Gasteiger charge is -2.06. The van der Waals surface area contributed by atoms with Gasteiger partial charge in [-0.2, -0.15) is 5.10 Å². The number of thiophene rings is 1. The molecule has 0 spiro atoms. The Bertz CT molecular complexity index is 871. The summed E-state index contributed by atoms with van der Waals surface area (Å²) in [6.45, 7) is 1.98. The monoisotopic (exact) mass is 335 g/mol. The SMILES string of the molecule is CCc1ccc(S(=O)(=O)Nc2cc(-n3cccn3)ncn2)s1. The molecule has 3 rings (SSSR count). The number of aromatic nitrogens is 4. The van der Waals surface area contributed by atoms with Crippen LogP contribution in [0.15, 0.2) is 47.2 Å². The molecule has 0 aliphatic rings. The van der Waals surface area contributed by atoms with Gasteiger partial charge in [0.05, 0.1) is 0 Å². The van der Waals surface area contributed by atoms with Crippen LogP contribution in [0.4, 0.5) is 5.82 Å². The Kier molecular flexibility index (Phi) is 3.90. The Hall–Kier alpha value is -2.26. The molecular weight excluding hydrogens is 322 g/mol. The third-order valence-corrected chi connectivity index (χ3v) is 5.96. The Labute approximate surface area is 131 Å². The molecule has 22 heavy (non-hydrogen) atoms. The van der Waals surface area contributed by atoms with Crippen LogP contribution >= 0.6 is 11.3 Å². The zero-order chi connectivity index (χ0) is 15.6. The van der Waals surface area contributed by atoms with Crippen molar-refractivity contribution >= 4 is 27.2 Å². The molecule has 0 bridgehead atoms. The molecule has 0 saturated carbocycles. The van der Waals surface area contributed by atoms with Crippen LogP contribution in [0.1, 0.15) is 11.8 Å². The Morgan fingerprint density at radius 1 is 1.32 bits per heavy atom. The van der Waals surface area contributed by atoms with Crippen molar-refractivity contribution in [3.8, 4) is 5.82 Å². The van der Waals surface area contributed by atoms with Gasteiger partial charge in [0.1, 0.15) is 16.4 Å². The summed E-state index contributed by atoms with van der Waals surface area (Å²) in [5.74, 6) is 0.685. The van der Waals surface area contributed by atoms with E-state index in [2.05, 4.69) is 19.8 Å². The number of hydrogen-bond donors (Lipinski definition) is 1. The van der Waals surface area contributed by atoms with Gasteiger partial charge in [0.25, 0.3) is 10.0 Å². The van der Waals surface area contributed by atoms with Crippen LogP contribution in [0.2, 0.25) is 0 Å². The van der Waals surface area contributed by atoms with Crippen molar-refractivity contribution in [1.82, 2.24) is 19.7 Å². The topological polar surface area (TPSA) is 89.8 Å². The van der Waals surface area contributed by atoms with Gasteiger partial charge in [0, 0.05) is 23.3 Å². The molecule has 0 unspecified atom stereocenters. The second-order valence-corrected chi connectivity index (χ2v) is 7.47. The minimum Gasteiger partial charge on any atom is -0.263 e. The van der Waals surface area contributed by atoms with E-state index in [1.807, 2.05) is 13.0 Å². The summed E-state index contributed by atoms with van der Waals surface area (Å²) in [5.41, 5.74) is 0. The molecule has 0 fully saturated rings. The van der Waals surface area contributed by atoms with Crippen molar-refractivity contribution in [2.75, 3.05) is 4.72 Å². The summed E-state index contributed by atoms with van der Waals surface area (Å²) in [5, 5.41) is 4.05. The first kappa shape index (κ1) is 14.7. The highest BCUT2D eigenvalue weighted by molar-refractivity contribution is 7.94. The van der Waals surface area contributed by atoms with E-state index >= 15 is 0 Å². The van der Waals surface area contributed by atoms with Crippen molar-refractivity contribution < 1.29 is 8.42 Å². The first-order valence-corrected chi connectivity index (χ1v) is 8.82. The predicted molar refractivity (Wildman–Crippen MR) is 83.7 cm³/mol. The molecule has 3 aromatic heterocycles. The maximum absolute atomic E-state index is 12.3. The van der Waals surface area contributed by atoms with Crippen molar-refractivity contribution in [2.45, 2.75) is 17.6 Å². The first-order valence-electron chi connectivity index (χ1n) is 6.52. The zero-order valence-electron chi connectivity index (χ0n) is 11.7. The van der Waals surface area contributed by atoms with E-state index in [9.17, 15) is 8.42 Å². The molecule has 3 heterocycles. The Balaban J connectivity index is 1.88. The summed E-state index contributed by atoms with van der Waals surface area (Å²) in [4.78, 5) is 9.02. The second-order valence-electron chi connectivity index (χ2n) is 4.39. The second kappa shape index (κ2) is 5.85. The van der Waals surface area contributed by atoms with Crippen molar-refractivity contribution in [1.29, 1.82) is 0 Å². The summed E-state index contributed by atoms with van der Waals surface area (Å²) in [6.07, 6.45) is 5.43. The molecule has 7 nitrogen and oxygen atoms in total. The fourth-order valence-electron chi connectivity index (χ4n) is 1.81. The number of nitrogens with zero attached hydrogens (tertiary/aromatic N) is 4. The van der Waals surface area contributed by atoms with Crippen molar-refractivity contribution in [2.24, 2.45) is 0 Å². The van der Waals surface area contributed by atoms with Gasteiger partial charge in [-0.15, -0.1) is 11.3 Å². The average molecular weight is 335 g/mol. The van der Waals surface area contributed by atoms with Crippen LogP contribution in [-0.2, 0) is 16.4 Å². The number of anilines is 1. The van der Waals surface area contributed by atoms with Crippen LogP contribution in [0.25, 0.3) is 5.82 Å². The maximum Gasteiger partial charge on any atom is 0.272 e. The molecule has 0 atom stereocenters. The number of sulfonamides is 1. The Morgan fingerprint density at radius 3 is 2.86 bits per heavy atom. The van der Waals surface area contributed by atoms with E-state index in [4.69, 9.17) is 0 Å². The van der Waals surface area contributed by atoms with Gasteiger partial charge in [-0.1, -0.05) is 6.92 Å². The molecule has 0 aromatic carbocycles. The molecule has 0 aliphatic heterocycles. The number of aryl methyl sites for hydroxylation is 1. The molecule has 0 amide bonds. The largest absolute Gasteiger partial charge is 0.272 e. The predicted octanol–water partition coefficient (Wildman–Crippen LogP) is 2.09. The normalized spacial score (nSPS) is 11.5. The molecule has 0 aliphatic carbocycles. The van der Waals surface area contributed by atoms with Gasteiger partial charge in [0.15, 0.2) is 5.82 Å². The van der Waals surface area contributed by atoms with E-state index < -0.39 is 10.0 Å². The fourth-order valence-corrected chi connectivity index (χ4v) is 4.11. The molecule has 3 aromatic rings. The van der Waals surface area contributed by atoms with Gasteiger partial charge >= 0.3 is 0 Å². The highest BCUT2D eigenvalue weighted by atomic mass is 32.2. The third kappa shape index (κ3) is 3.00. The quantitative estimate of drug-likeness (QED) is 0.771. The first-order chi connectivity index (χ1) is 10.6. The standard InChI is InChI=1S/C13H13N5O2S2/c1-2-10-4-5-13(21-10)22(19,20)17-11-8-12(15-9-14-11)18-7-3-6-16-18/h3-9H,2H2,1H3,(H,14,15,17). The average Bonchev–Trinajstić information content (AvgIpc) is 3.19. The fraction of sp³-hybridized carbons (Fsp3) is 0.154. The summed E-state index contributed by atoms with van der Waals surface area (Å²) in [6, 6.07) is 6.69.